The summed E-state index contributed by atoms with van der Waals surface area (Å²) < 4.78 is 34.8. The van der Waals surface area contributed by atoms with Gasteiger partial charge in [-0.05, 0) is 41.8 Å². The summed E-state index contributed by atoms with van der Waals surface area (Å²) in [7, 11) is -2.52. The van der Waals surface area contributed by atoms with Gasteiger partial charge >= 0.3 is 16.1 Å². The highest BCUT2D eigenvalue weighted by molar-refractivity contribution is 7.87. The van der Waals surface area contributed by atoms with Crippen LogP contribution in [0.1, 0.15) is 11.1 Å². The predicted octanol–water partition coefficient (Wildman–Crippen LogP) is 3.58. The molecule has 3 aromatic rings. The fraction of sp³-hybridized carbons (Fsp3) is 0.208. The zero-order valence-electron chi connectivity index (χ0n) is 17.2. The Kier molecular flexibility index (Phi) is 7.81. The van der Waals surface area contributed by atoms with Crippen LogP contribution in [0.25, 0.3) is 0 Å². The first-order valence-corrected chi connectivity index (χ1v) is 11.3. The van der Waals surface area contributed by atoms with Gasteiger partial charge in [-0.3, -0.25) is 4.79 Å². The normalized spacial score (nSPS) is 12.2. The summed E-state index contributed by atoms with van der Waals surface area (Å²) in [6.45, 7) is 1.11. The van der Waals surface area contributed by atoms with Gasteiger partial charge in [0.25, 0.3) is 0 Å². The average Bonchev–Trinajstić information content (AvgIpc) is 2.80. The van der Waals surface area contributed by atoms with E-state index in [1.807, 2.05) is 30.3 Å². The van der Waals surface area contributed by atoms with Crippen molar-refractivity contribution in [1.29, 1.82) is 0 Å². The van der Waals surface area contributed by atoms with Crippen LogP contribution in [0, 0.1) is 5.92 Å². The van der Waals surface area contributed by atoms with Crippen molar-refractivity contribution in [2.75, 3.05) is 13.7 Å². The molecule has 1 N–H and O–H groups in total. The van der Waals surface area contributed by atoms with Crippen molar-refractivity contribution in [2.24, 2.45) is 5.92 Å². The van der Waals surface area contributed by atoms with Gasteiger partial charge < -0.3 is 14.2 Å². The summed E-state index contributed by atoms with van der Waals surface area (Å²) in [4.78, 5) is 12.3. The van der Waals surface area contributed by atoms with Crippen molar-refractivity contribution in [2.45, 2.75) is 17.9 Å². The monoisotopic (exact) mass is 439 g/mol. The molecule has 6 nitrogen and oxygen atoms in total. The van der Waals surface area contributed by atoms with Gasteiger partial charge in [0.15, 0.2) is 0 Å². The molecule has 31 heavy (non-hydrogen) atoms. The fourth-order valence-corrected chi connectivity index (χ4v) is 4.07. The largest absolute Gasteiger partial charge is 0.469 e. The van der Waals surface area contributed by atoms with E-state index in [0.29, 0.717) is 19.5 Å². The smallest absolute Gasteiger partial charge is 0.339 e. The molecule has 0 saturated carbocycles. The molecule has 3 rings (SSSR count). The van der Waals surface area contributed by atoms with Crippen molar-refractivity contribution in [3.63, 3.8) is 0 Å². The Balaban J connectivity index is 1.60. The van der Waals surface area contributed by atoms with Crippen molar-refractivity contribution < 1.29 is 22.1 Å². The van der Waals surface area contributed by atoms with Gasteiger partial charge in [-0.25, -0.2) is 0 Å². The summed E-state index contributed by atoms with van der Waals surface area (Å²) in [6.07, 6.45) is 0.459. The van der Waals surface area contributed by atoms with Crippen LogP contribution in [0.15, 0.2) is 89.8 Å². The molecule has 162 valence electrons. The van der Waals surface area contributed by atoms with Crippen molar-refractivity contribution >= 4 is 16.1 Å². The van der Waals surface area contributed by atoms with Crippen molar-refractivity contribution in [1.82, 2.24) is 5.32 Å². The van der Waals surface area contributed by atoms with E-state index in [4.69, 9.17) is 8.92 Å². The van der Waals surface area contributed by atoms with Gasteiger partial charge in [-0.15, -0.1) is 0 Å². The number of esters is 1. The fourth-order valence-electron chi connectivity index (χ4n) is 3.12. The van der Waals surface area contributed by atoms with E-state index in [-0.39, 0.29) is 22.5 Å². The summed E-state index contributed by atoms with van der Waals surface area (Å²) in [6, 6.07) is 24.6. The lowest BCUT2D eigenvalue weighted by molar-refractivity contribution is -0.145. The summed E-state index contributed by atoms with van der Waals surface area (Å²) in [5.74, 6) is -0.453. The Labute approximate surface area is 183 Å². The summed E-state index contributed by atoms with van der Waals surface area (Å²) >= 11 is 0. The van der Waals surface area contributed by atoms with Gasteiger partial charge in [0.2, 0.25) is 0 Å². The lowest BCUT2D eigenvalue weighted by Crippen LogP contribution is -2.30. The average molecular weight is 440 g/mol. The first-order valence-electron chi connectivity index (χ1n) is 9.89. The van der Waals surface area contributed by atoms with Crippen molar-refractivity contribution in [3.05, 3.63) is 96.1 Å². The molecule has 1 unspecified atom stereocenters. The van der Waals surface area contributed by atoms with Crippen LogP contribution >= 0.6 is 0 Å². The van der Waals surface area contributed by atoms with Crippen LogP contribution in [-0.4, -0.2) is 28.0 Å². The summed E-state index contributed by atoms with van der Waals surface area (Å²) in [5.41, 5.74) is 2.01. The maximum absolute atomic E-state index is 12.3. The maximum atomic E-state index is 12.3. The first kappa shape index (κ1) is 22.5. The van der Waals surface area contributed by atoms with Crippen LogP contribution in [0.3, 0.4) is 0 Å². The lowest BCUT2D eigenvalue weighted by Gasteiger charge is -2.16. The molecule has 0 amide bonds. The van der Waals surface area contributed by atoms with Crippen molar-refractivity contribution in [3.8, 4) is 5.75 Å². The highest BCUT2D eigenvalue weighted by atomic mass is 32.2. The molecular weight excluding hydrogens is 414 g/mol. The molecule has 0 bridgehead atoms. The van der Waals surface area contributed by atoms with E-state index in [2.05, 4.69) is 5.32 Å². The second-order valence-electron chi connectivity index (χ2n) is 7.04. The molecule has 0 radical (unpaired) electrons. The van der Waals surface area contributed by atoms with E-state index in [9.17, 15) is 13.2 Å². The number of hydrogen-bond acceptors (Lipinski definition) is 6. The molecule has 0 saturated heterocycles. The van der Waals surface area contributed by atoms with Crippen LogP contribution in [0.2, 0.25) is 0 Å². The second-order valence-corrected chi connectivity index (χ2v) is 8.58. The Hall–Kier alpha value is -3.16. The maximum Gasteiger partial charge on any atom is 0.339 e. The number of carbonyl (C=O) groups excluding carboxylic acids is 1. The minimum atomic E-state index is -3.89. The number of methoxy groups -OCH3 is 1. The van der Waals surface area contributed by atoms with Gasteiger partial charge in [-0.1, -0.05) is 60.7 Å². The Bertz CT molecular complexity index is 1070. The highest BCUT2D eigenvalue weighted by Gasteiger charge is 2.20. The zero-order valence-corrected chi connectivity index (χ0v) is 18.0. The zero-order chi connectivity index (χ0) is 22.1. The minimum absolute atomic E-state index is 0.0920. The minimum Gasteiger partial charge on any atom is -0.469 e. The van der Waals surface area contributed by atoms with Gasteiger partial charge in [-0.2, -0.15) is 8.42 Å². The van der Waals surface area contributed by atoms with E-state index in [1.165, 1.54) is 19.2 Å². The lowest BCUT2D eigenvalue weighted by atomic mass is 9.99. The number of benzene rings is 3. The summed E-state index contributed by atoms with van der Waals surface area (Å²) in [5, 5.41) is 3.29. The van der Waals surface area contributed by atoms with Gasteiger partial charge in [0.1, 0.15) is 10.6 Å². The van der Waals surface area contributed by atoms with Crippen LogP contribution < -0.4 is 9.50 Å². The SMILES string of the molecule is COC(=O)C(CNCc1ccccc1)Cc1ccc(OS(=O)(=O)c2ccccc2)cc1. The molecule has 0 aliphatic carbocycles. The molecule has 0 fully saturated rings. The van der Waals surface area contributed by atoms with Gasteiger partial charge in [0.05, 0.1) is 13.0 Å². The molecular formula is C24H25NO5S. The second kappa shape index (κ2) is 10.7. The van der Waals surface area contributed by atoms with E-state index >= 15 is 0 Å². The quantitative estimate of drug-likeness (QED) is 0.384. The molecule has 3 aromatic carbocycles. The molecule has 0 aliphatic heterocycles. The third-order valence-electron chi connectivity index (χ3n) is 4.74. The number of nitrogens with one attached hydrogen (secondary N) is 1. The Morgan fingerprint density at radius 2 is 1.48 bits per heavy atom. The molecule has 0 spiro atoms. The van der Waals surface area contributed by atoms with E-state index in [1.54, 1.807) is 42.5 Å². The predicted molar refractivity (Wildman–Crippen MR) is 118 cm³/mol. The standard InChI is InChI=1S/C24H25NO5S/c1-29-24(26)21(18-25-17-20-8-4-2-5-9-20)16-19-12-14-22(15-13-19)30-31(27,28)23-10-6-3-7-11-23/h2-15,21,25H,16-18H2,1H3. The first-order chi connectivity index (χ1) is 15.0. The molecule has 0 aromatic heterocycles. The van der Waals surface area contributed by atoms with E-state index < -0.39 is 10.1 Å². The van der Waals surface area contributed by atoms with Crippen LogP contribution in [0.4, 0.5) is 0 Å². The third-order valence-corrected chi connectivity index (χ3v) is 6.00. The Morgan fingerprint density at radius 3 is 2.10 bits per heavy atom. The Morgan fingerprint density at radius 1 is 0.871 bits per heavy atom. The number of carbonyl (C=O) groups is 1. The van der Waals surface area contributed by atoms with Gasteiger partial charge in [0, 0.05) is 13.1 Å². The van der Waals surface area contributed by atoms with Crippen LogP contribution in [0.5, 0.6) is 5.75 Å². The molecule has 0 heterocycles. The third kappa shape index (κ3) is 6.67. The number of hydrogen-bond donors (Lipinski definition) is 1. The number of rotatable bonds is 10. The van der Waals surface area contributed by atoms with E-state index in [0.717, 1.165) is 11.1 Å². The van der Waals surface area contributed by atoms with Crippen LogP contribution in [-0.2, 0) is 32.6 Å². The molecule has 1 atom stereocenters. The highest BCUT2D eigenvalue weighted by Crippen LogP contribution is 2.20. The topological polar surface area (TPSA) is 81.7 Å². The molecule has 7 heteroatoms. The number of ether oxygens (including phenoxy) is 1. The molecule has 0 aliphatic rings.